The topological polar surface area (TPSA) is 50.8 Å². The molecule has 0 aliphatic heterocycles. The number of nitriles is 1. The molecule has 0 fully saturated rings. The minimum absolute atomic E-state index is 0.179. The number of benzene rings is 2. The van der Waals surface area contributed by atoms with Gasteiger partial charge in [-0.15, -0.1) is 0 Å². The Morgan fingerprint density at radius 3 is 2.59 bits per heavy atom. The highest BCUT2D eigenvalue weighted by atomic mass is 79.9. The van der Waals surface area contributed by atoms with Crippen LogP contribution in [0.5, 0.6) is 0 Å². The molecule has 3 rings (SSSR count). The number of hydrogen-bond acceptors (Lipinski definition) is 3. The van der Waals surface area contributed by atoms with E-state index in [9.17, 15) is 17.6 Å². The fourth-order valence-electron chi connectivity index (χ4n) is 2.82. The second-order valence-electron chi connectivity index (χ2n) is 6.28. The van der Waals surface area contributed by atoms with Gasteiger partial charge >= 0.3 is 6.18 Å². The second kappa shape index (κ2) is 8.35. The molecule has 0 aliphatic rings. The first-order chi connectivity index (χ1) is 13.7. The summed E-state index contributed by atoms with van der Waals surface area (Å²) < 4.78 is 60.6. The van der Waals surface area contributed by atoms with E-state index in [4.69, 9.17) is 10.00 Å². The molecule has 3 aromatic rings. The minimum Gasteiger partial charge on any atom is -0.363 e. The van der Waals surface area contributed by atoms with Crippen LogP contribution in [0.2, 0.25) is 0 Å². The summed E-state index contributed by atoms with van der Waals surface area (Å²) in [6, 6.07) is 9.84. The molecule has 0 bridgehead atoms. The van der Waals surface area contributed by atoms with Crippen molar-refractivity contribution in [3.05, 3.63) is 87.2 Å². The van der Waals surface area contributed by atoms with Crippen LogP contribution < -0.4 is 0 Å². The lowest BCUT2D eigenvalue weighted by Gasteiger charge is -2.20. The molecule has 29 heavy (non-hydrogen) atoms. The number of rotatable bonds is 5. The van der Waals surface area contributed by atoms with Gasteiger partial charge in [-0.05, 0) is 51.3 Å². The molecule has 150 valence electrons. The zero-order valence-electron chi connectivity index (χ0n) is 15.0. The van der Waals surface area contributed by atoms with Crippen molar-refractivity contribution in [1.29, 1.82) is 5.26 Å². The van der Waals surface area contributed by atoms with E-state index in [1.54, 1.807) is 42.3 Å². The normalized spacial score (nSPS) is 12.6. The maximum atomic E-state index is 13.5. The molecule has 1 unspecified atom stereocenters. The lowest BCUT2D eigenvalue weighted by atomic mass is 10.0. The van der Waals surface area contributed by atoms with Gasteiger partial charge in [-0.2, -0.15) is 18.4 Å². The van der Waals surface area contributed by atoms with Crippen LogP contribution in [0.1, 0.15) is 34.1 Å². The molecule has 1 atom stereocenters. The maximum Gasteiger partial charge on any atom is 0.419 e. The van der Waals surface area contributed by atoms with Gasteiger partial charge in [0.2, 0.25) is 0 Å². The van der Waals surface area contributed by atoms with Gasteiger partial charge < -0.3 is 9.30 Å². The fourth-order valence-corrected chi connectivity index (χ4v) is 3.30. The molecule has 1 heterocycles. The van der Waals surface area contributed by atoms with Crippen molar-refractivity contribution in [2.45, 2.75) is 18.9 Å². The molecule has 9 heteroatoms. The first kappa shape index (κ1) is 21.0. The predicted octanol–water partition coefficient (Wildman–Crippen LogP) is 5.52. The number of halogens is 5. The Bertz CT molecular complexity index is 1070. The highest BCUT2D eigenvalue weighted by molar-refractivity contribution is 9.10. The van der Waals surface area contributed by atoms with Gasteiger partial charge in [0.15, 0.2) is 0 Å². The van der Waals surface area contributed by atoms with E-state index in [2.05, 4.69) is 20.9 Å². The van der Waals surface area contributed by atoms with Gasteiger partial charge in [0.1, 0.15) is 18.0 Å². The van der Waals surface area contributed by atoms with Gasteiger partial charge in [0.25, 0.3) is 0 Å². The van der Waals surface area contributed by atoms with Gasteiger partial charge in [-0.3, -0.25) is 0 Å². The van der Waals surface area contributed by atoms with E-state index in [0.717, 1.165) is 12.1 Å². The summed E-state index contributed by atoms with van der Waals surface area (Å²) in [7, 11) is 1.76. The predicted molar refractivity (Wildman–Crippen MR) is 100 cm³/mol. The zero-order chi connectivity index (χ0) is 21.2. The van der Waals surface area contributed by atoms with Crippen LogP contribution in [0, 0.1) is 17.1 Å². The largest absolute Gasteiger partial charge is 0.419 e. The van der Waals surface area contributed by atoms with Gasteiger partial charge in [-0.1, -0.05) is 12.1 Å². The van der Waals surface area contributed by atoms with Crippen molar-refractivity contribution in [2.75, 3.05) is 0 Å². The molecule has 0 amide bonds. The Morgan fingerprint density at radius 2 is 2.00 bits per heavy atom. The molecule has 0 N–H and O–H groups in total. The Labute approximate surface area is 172 Å². The molecule has 0 saturated heterocycles. The summed E-state index contributed by atoms with van der Waals surface area (Å²) in [5, 5.41) is 9.09. The Hall–Kier alpha value is -2.70. The second-order valence-corrected chi connectivity index (χ2v) is 7.14. The SMILES string of the molecule is Cn1cncc1C(OCc1ccc(F)c(C(F)(F)F)c1)c1ccc(C#N)c(Br)c1. The highest BCUT2D eigenvalue weighted by Crippen LogP contribution is 2.33. The molecule has 0 radical (unpaired) electrons. The van der Waals surface area contributed by atoms with Crippen LogP contribution in [0.15, 0.2) is 53.4 Å². The maximum absolute atomic E-state index is 13.5. The molecule has 1 aromatic heterocycles. The third kappa shape index (κ3) is 4.66. The number of nitrogens with zero attached hydrogens (tertiary/aromatic N) is 3. The first-order valence-corrected chi connectivity index (χ1v) is 9.13. The van der Waals surface area contributed by atoms with Crippen molar-refractivity contribution in [1.82, 2.24) is 9.55 Å². The molecular weight excluding hydrogens is 454 g/mol. The zero-order valence-corrected chi connectivity index (χ0v) is 16.6. The van der Waals surface area contributed by atoms with E-state index >= 15 is 0 Å². The number of aryl methyl sites for hydroxylation is 1. The molecule has 0 spiro atoms. The van der Waals surface area contributed by atoms with E-state index in [-0.39, 0.29) is 12.2 Å². The summed E-state index contributed by atoms with van der Waals surface area (Å²) in [6.45, 7) is -0.184. The summed E-state index contributed by atoms with van der Waals surface area (Å²) in [6.07, 6.45) is -2.29. The quantitative estimate of drug-likeness (QED) is 0.464. The smallest absolute Gasteiger partial charge is 0.363 e. The van der Waals surface area contributed by atoms with Crippen molar-refractivity contribution in [3.63, 3.8) is 0 Å². The van der Waals surface area contributed by atoms with E-state index < -0.39 is 23.7 Å². The van der Waals surface area contributed by atoms with Gasteiger partial charge in [0, 0.05) is 11.5 Å². The van der Waals surface area contributed by atoms with Crippen LogP contribution in [0.25, 0.3) is 0 Å². The van der Waals surface area contributed by atoms with Gasteiger partial charge in [0.05, 0.1) is 36.0 Å². The molecule has 0 saturated carbocycles. The lowest BCUT2D eigenvalue weighted by Crippen LogP contribution is -2.12. The van der Waals surface area contributed by atoms with Crippen LogP contribution >= 0.6 is 15.9 Å². The van der Waals surface area contributed by atoms with Gasteiger partial charge in [-0.25, -0.2) is 9.37 Å². The van der Waals surface area contributed by atoms with Crippen LogP contribution in [-0.2, 0) is 24.6 Å². The molecule has 4 nitrogen and oxygen atoms in total. The van der Waals surface area contributed by atoms with Crippen LogP contribution in [0.4, 0.5) is 17.6 Å². The lowest BCUT2D eigenvalue weighted by molar-refractivity contribution is -0.140. The standard InChI is InChI=1S/C20H14BrF4N3O/c1-28-11-27-9-18(28)19(13-3-4-14(8-26)16(21)7-13)29-10-12-2-5-17(22)15(6-12)20(23,24)25/h2-7,9,11,19H,10H2,1H3. The monoisotopic (exact) mass is 467 g/mol. The summed E-state index contributed by atoms with van der Waals surface area (Å²) >= 11 is 3.33. The van der Waals surface area contributed by atoms with Crippen LogP contribution in [0.3, 0.4) is 0 Å². The molecular formula is C20H14BrF4N3O. The summed E-state index contributed by atoms with van der Waals surface area (Å²) in [4.78, 5) is 4.06. The summed E-state index contributed by atoms with van der Waals surface area (Å²) in [5.41, 5.74) is 0.624. The Balaban J connectivity index is 1.93. The van der Waals surface area contributed by atoms with E-state index in [1.807, 2.05) is 6.07 Å². The summed E-state index contributed by atoms with van der Waals surface area (Å²) in [5.74, 6) is -1.33. The van der Waals surface area contributed by atoms with Crippen molar-refractivity contribution in [3.8, 4) is 6.07 Å². The van der Waals surface area contributed by atoms with Crippen molar-refractivity contribution < 1.29 is 22.3 Å². The Morgan fingerprint density at radius 1 is 1.24 bits per heavy atom. The van der Waals surface area contributed by atoms with E-state index in [1.165, 1.54) is 6.07 Å². The number of imidazole rings is 1. The molecule has 0 aliphatic carbocycles. The fraction of sp³-hybridized carbons (Fsp3) is 0.200. The first-order valence-electron chi connectivity index (χ1n) is 8.33. The third-order valence-corrected chi connectivity index (χ3v) is 4.95. The highest BCUT2D eigenvalue weighted by Gasteiger charge is 2.34. The van der Waals surface area contributed by atoms with Crippen LogP contribution in [-0.4, -0.2) is 9.55 Å². The number of ether oxygens (including phenoxy) is 1. The minimum atomic E-state index is -4.79. The van der Waals surface area contributed by atoms with Crippen molar-refractivity contribution in [2.24, 2.45) is 7.05 Å². The van der Waals surface area contributed by atoms with E-state index in [0.29, 0.717) is 21.3 Å². The number of hydrogen-bond donors (Lipinski definition) is 0. The average Bonchev–Trinajstić information content (AvgIpc) is 3.08. The molecule has 2 aromatic carbocycles. The number of alkyl halides is 3. The average molecular weight is 468 g/mol. The third-order valence-electron chi connectivity index (χ3n) is 4.29. The Kier molecular flexibility index (Phi) is 6.05. The van der Waals surface area contributed by atoms with Crippen molar-refractivity contribution >= 4 is 15.9 Å². The number of aromatic nitrogens is 2.